The van der Waals surface area contributed by atoms with Crippen LogP contribution in [0.2, 0.25) is 5.02 Å². The molecule has 0 radical (unpaired) electrons. The summed E-state index contributed by atoms with van der Waals surface area (Å²) in [5.74, 6) is 0. The summed E-state index contributed by atoms with van der Waals surface area (Å²) < 4.78 is 26.8. The van der Waals surface area contributed by atoms with Crippen LogP contribution in [-0.2, 0) is 16.6 Å². The minimum Gasteiger partial charge on any atom is -0.326 e. The molecule has 0 aliphatic carbocycles. The highest BCUT2D eigenvalue weighted by Gasteiger charge is 2.34. The minimum atomic E-state index is -3.55. The number of benzene rings is 1. The third-order valence-corrected chi connectivity index (χ3v) is 6.05. The van der Waals surface area contributed by atoms with Crippen LogP contribution in [0.3, 0.4) is 0 Å². The molecule has 20 heavy (non-hydrogen) atoms. The van der Waals surface area contributed by atoms with Gasteiger partial charge in [0, 0.05) is 25.7 Å². The monoisotopic (exact) mass is 317 g/mol. The summed E-state index contributed by atoms with van der Waals surface area (Å²) in [5, 5.41) is 0.246. The molecular formula is C13H20ClN3O2S. The van der Waals surface area contributed by atoms with Crippen LogP contribution >= 0.6 is 11.6 Å². The average Bonchev–Trinajstić information content (AvgIpc) is 2.89. The van der Waals surface area contributed by atoms with Crippen molar-refractivity contribution in [2.75, 3.05) is 27.2 Å². The lowest BCUT2D eigenvalue weighted by molar-refractivity contribution is 0.302. The summed E-state index contributed by atoms with van der Waals surface area (Å²) in [6.07, 6.45) is 0.834. The molecular weight excluding hydrogens is 298 g/mol. The van der Waals surface area contributed by atoms with Gasteiger partial charge >= 0.3 is 0 Å². The summed E-state index contributed by atoms with van der Waals surface area (Å²) in [5.41, 5.74) is 6.33. The van der Waals surface area contributed by atoms with Gasteiger partial charge in [-0.3, -0.25) is 0 Å². The first-order valence-electron chi connectivity index (χ1n) is 6.51. The highest BCUT2D eigenvalue weighted by Crippen LogP contribution is 2.28. The van der Waals surface area contributed by atoms with Gasteiger partial charge in [-0.25, -0.2) is 8.42 Å². The van der Waals surface area contributed by atoms with E-state index in [0.29, 0.717) is 19.6 Å². The Kier molecular flexibility index (Phi) is 4.71. The topological polar surface area (TPSA) is 66.6 Å². The lowest BCUT2D eigenvalue weighted by Gasteiger charge is -2.21. The van der Waals surface area contributed by atoms with Gasteiger partial charge in [0.2, 0.25) is 10.0 Å². The molecule has 1 saturated heterocycles. The van der Waals surface area contributed by atoms with Crippen molar-refractivity contribution in [2.24, 2.45) is 5.73 Å². The van der Waals surface area contributed by atoms with E-state index in [9.17, 15) is 8.42 Å². The second kappa shape index (κ2) is 5.99. The molecule has 0 bridgehead atoms. The van der Waals surface area contributed by atoms with Crippen LogP contribution in [0.4, 0.5) is 0 Å². The van der Waals surface area contributed by atoms with E-state index in [2.05, 4.69) is 0 Å². The highest BCUT2D eigenvalue weighted by atomic mass is 35.5. The second-order valence-corrected chi connectivity index (χ2v) is 7.55. The standard InChI is InChI=1S/C13H20ClN3O2S/c1-16(2)11-5-6-17(9-11)20(18,19)13-7-10(8-15)3-4-12(13)14/h3-4,7,11H,5-6,8-9,15H2,1-2H3. The maximum atomic E-state index is 12.7. The Hall–Kier alpha value is -0.660. The lowest BCUT2D eigenvalue weighted by atomic mass is 10.2. The maximum Gasteiger partial charge on any atom is 0.244 e. The summed E-state index contributed by atoms with van der Waals surface area (Å²) in [6.45, 7) is 1.31. The lowest BCUT2D eigenvalue weighted by Crippen LogP contribution is -2.34. The van der Waals surface area contributed by atoms with Crippen molar-refractivity contribution < 1.29 is 8.42 Å². The molecule has 0 amide bonds. The van der Waals surface area contributed by atoms with Crippen LogP contribution < -0.4 is 5.73 Å². The zero-order valence-electron chi connectivity index (χ0n) is 11.7. The van der Waals surface area contributed by atoms with Gasteiger partial charge in [-0.2, -0.15) is 4.31 Å². The number of halogens is 1. The predicted octanol–water partition coefficient (Wildman–Crippen LogP) is 1.12. The summed E-state index contributed by atoms with van der Waals surface area (Å²) >= 11 is 6.06. The predicted molar refractivity (Wildman–Crippen MR) is 80.2 cm³/mol. The Morgan fingerprint density at radius 2 is 2.15 bits per heavy atom. The molecule has 1 aromatic rings. The van der Waals surface area contributed by atoms with Gasteiger partial charge in [-0.05, 0) is 38.2 Å². The van der Waals surface area contributed by atoms with Crippen molar-refractivity contribution in [2.45, 2.75) is 23.9 Å². The van der Waals surface area contributed by atoms with Crippen molar-refractivity contribution in [3.8, 4) is 0 Å². The summed E-state index contributed by atoms with van der Waals surface area (Å²) in [6, 6.07) is 5.16. The van der Waals surface area contributed by atoms with E-state index in [0.717, 1.165) is 12.0 Å². The molecule has 0 spiro atoms. The summed E-state index contributed by atoms with van der Waals surface area (Å²) in [7, 11) is 0.373. The first kappa shape index (κ1) is 15.7. The van der Waals surface area contributed by atoms with E-state index in [1.807, 2.05) is 19.0 Å². The molecule has 1 aliphatic heterocycles. The van der Waals surface area contributed by atoms with Crippen molar-refractivity contribution in [1.29, 1.82) is 0 Å². The SMILES string of the molecule is CN(C)C1CCN(S(=O)(=O)c2cc(CN)ccc2Cl)C1. The fraction of sp³-hybridized carbons (Fsp3) is 0.538. The number of nitrogens with two attached hydrogens (primary N) is 1. The third kappa shape index (κ3) is 2.99. The minimum absolute atomic E-state index is 0.154. The van der Waals surface area contributed by atoms with Crippen molar-refractivity contribution in [1.82, 2.24) is 9.21 Å². The second-order valence-electron chi connectivity index (χ2n) is 5.24. The van der Waals surface area contributed by atoms with Crippen LogP contribution in [0.5, 0.6) is 0 Å². The smallest absolute Gasteiger partial charge is 0.244 e. The Labute approximate surface area is 125 Å². The molecule has 0 saturated carbocycles. The van der Waals surface area contributed by atoms with Crippen LogP contribution in [0, 0.1) is 0 Å². The summed E-state index contributed by atoms with van der Waals surface area (Å²) in [4.78, 5) is 2.20. The molecule has 1 heterocycles. The van der Waals surface area contributed by atoms with Gasteiger partial charge < -0.3 is 10.6 Å². The van der Waals surface area contributed by atoms with E-state index in [1.165, 1.54) is 4.31 Å². The van der Waals surface area contributed by atoms with Gasteiger partial charge in [-0.1, -0.05) is 17.7 Å². The molecule has 112 valence electrons. The molecule has 1 aliphatic rings. The number of rotatable bonds is 4. The van der Waals surface area contributed by atoms with Crippen molar-refractivity contribution >= 4 is 21.6 Å². The number of nitrogens with zero attached hydrogens (tertiary/aromatic N) is 2. The molecule has 1 unspecified atom stereocenters. The molecule has 1 aromatic carbocycles. The van der Waals surface area contributed by atoms with Crippen LogP contribution in [0.15, 0.2) is 23.1 Å². The zero-order chi connectivity index (χ0) is 14.9. The normalized spacial score (nSPS) is 20.8. The Balaban J connectivity index is 2.32. The van der Waals surface area contributed by atoms with Crippen molar-refractivity contribution in [3.63, 3.8) is 0 Å². The van der Waals surface area contributed by atoms with Gasteiger partial charge in [0.05, 0.1) is 5.02 Å². The maximum absolute atomic E-state index is 12.7. The largest absolute Gasteiger partial charge is 0.326 e. The van der Waals surface area contributed by atoms with Gasteiger partial charge in [0.15, 0.2) is 0 Å². The van der Waals surface area contributed by atoms with Crippen molar-refractivity contribution in [3.05, 3.63) is 28.8 Å². The number of sulfonamides is 1. The first-order chi connectivity index (χ1) is 9.36. The molecule has 5 nitrogen and oxygen atoms in total. The Morgan fingerprint density at radius 3 is 2.70 bits per heavy atom. The fourth-order valence-corrected chi connectivity index (χ4v) is 4.38. The Bertz CT molecular complexity index is 589. The van der Waals surface area contributed by atoms with Gasteiger partial charge in [0.25, 0.3) is 0 Å². The van der Waals surface area contributed by atoms with Gasteiger partial charge in [-0.15, -0.1) is 0 Å². The fourth-order valence-electron chi connectivity index (χ4n) is 2.36. The number of hydrogen-bond donors (Lipinski definition) is 1. The Morgan fingerprint density at radius 1 is 1.45 bits per heavy atom. The highest BCUT2D eigenvalue weighted by molar-refractivity contribution is 7.89. The zero-order valence-corrected chi connectivity index (χ0v) is 13.3. The molecule has 0 aromatic heterocycles. The molecule has 2 N–H and O–H groups in total. The number of hydrogen-bond acceptors (Lipinski definition) is 4. The van der Waals surface area contributed by atoms with E-state index in [-0.39, 0.29) is 16.0 Å². The van der Waals surface area contributed by atoms with Gasteiger partial charge in [0.1, 0.15) is 4.90 Å². The molecule has 1 fully saturated rings. The first-order valence-corrected chi connectivity index (χ1v) is 8.33. The molecule has 7 heteroatoms. The van der Waals surface area contributed by atoms with Crippen LogP contribution in [0.25, 0.3) is 0 Å². The average molecular weight is 318 g/mol. The third-order valence-electron chi connectivity index (χ3n) is 3.71. The quantitative estimate of drug-likeness (QED) is 0.904. The van der Waals surface area contributed by atoms with Crippen LogP contribution in [-0.4, -0.2) is 50.8 Å². The van der Waals surface area contributed by atoms with E-state index in [4.69, 9.17) is 17.3 Å². The molecule has 2 rings (SSSR count). The van der Waals surface area contributed by atoms with E-state index >= 15 is 0 Å². The van der Waals surface area contributed by atoms with E-state index in [1.54, 1.807) is 18.2 Å². The van der Waals surface area contributed by atoms with Crippen LogP contribution in [0.1, 0.15) is 12.0 Å². The van der Waals surface area contributed by atoms with E-state index < -0.39 is 10.0 Å². The number of likely N-dealkylation sites (N-methyl/N-ethyl adjacent to an activating group) is 1. The molecule has 1 atom stereocenters.